The van der Waals surface area contributed by atoms with E-state index in [2.05, 4.69) is 79.8 Å². The summed E-state index contributed by atoms with van der Waals surface area (Å²) in [5, 5.41) is 43.9. The summed E-state index contributed by atoms with van der Waals surface area (Å²) >= 11 is 6.01. The lowest BCUT2D eigenvalue weighted by Gasteiger charge is -2.15. The second-order valence-corrected chi connectivity index (χ2v) is 31.1. The molecule has 32 heteroatoms. The lowest BCUT2D eigenvalue weighted by atomic mass is 10.0. The molecule has 12 rings (SSSR count). The molecule has 0 aliphatic rings. The van der Waals surface area contributed by atoms with Crippen molar-refractivity contribution < 1.29 is 76.7 Å². The molecule has 0 spiro atoms. The standard InChI is InChI=1S/2C23H23N3O3.C20H23N3O4.C19H20ClN3O3.C19H21N3O3/c1-16(23(29)24-15-22(28)26-19-11-3-2-4-12-19)25-21(27)14-18-10-7-9-17-8-5-6-13-20(17)18;1-16(23(29)24-15-22(28)26-20-9-3-2-4-10-20)25-21(27)14-17-11-12-18-7-5-6-8-19(18)13-17;1-14(22-18(24)12-15-7-6-10-17(11-15)27-2)20(26)21-13-19(25)23-16-8-4-3-5-9-16;1-13(22-17(24)11-14-7-5-6-10-16(14)20)19(26)21-12-18(25)23-15-8-3-2-4-9-15;1-14(21-17(23)12-15-8-4-2-5-9-15)19(25)20-13-18(24)22-16-10-6-3-7-11-16/h2*2-13,16H,14-15H2,1H3,(H,24,29)(H,25,27)(H,26,28);3-11,14H,12-13H2,1-2H3,(H,21,26)(H,22,24)(H,23,25);2-10,13H,11-12H2,1H3,(H,21,26)(H,22,24)(H,23,25);2-11,14H,12-13H2,1H3,(H,20,25)(H,21,23)(H,22,24)/t2*16-;14-;13-;14-/m00000/s1. The quantitative estimate of drug-likeness (QED) is 0.0173. The van der Waals surface area contributed by atoms with E-state index in [1.165, 1.54) is 0 Å². The minimum Gasteiger partial charge on any atom is -0.497 e. The molecule has 0 unspecified atom stereocenters. The van der Waals surface area contributed by atoms with Gasteiger partial charge in [-0.05, 0) is 163 Å². The summed E-state index contributed by atoms with van der Waals surface area (Å²) in [5.74, 6) is -4.52. The molecule has 0 fully saturated rings. The Morgan fingerprint density at radius 2 is 0.507 bits per heavy atom. The van der Waals surface area contributed by atoms with Crippen LogP contribution in [0, 0.1) is 0 Å². The molecule has 704 valence electrons. The van der Waals surface area contributed by atoms with Crippen LogP contribution in [0.2, 0.25) is 5.02 Å². The molecule has 0 heterocycles. The Hall–Kier alpha value is -16.7. The van der Waals surface area contributed by atoms with Crippen molar-refractivity contribution in [2.75, 3.05) is 66.4 Å². The van der Waals surface area contributed by atoms with Crippen LogP contribution in [0.25, 0.3) is 21.5 Å². The Kier molecular flexibility index (Phi) is 43.7. The number of carbonyl (C=O) groups is 15. The highest BCUT2D eigenvalue weighted by molar-refractivity contribution is 6.31. The van der Waals surface area contributed by atoms with Gasteiger partial charge in [-0.2, -0.15) is 0 Å². The van der Waals surface area contributed by atoms with E-state index < -0.39 is 59.7 Å². The van der Waals surface area contributed by atoms with Gasteiger partial charge in [-0.3, -0.25) is 71.9 Å². The van der Waals surface area contributed by atoms with Crippen molar-refractivity contribution in [2.45, 2.75) is 96.9 Å². The van der Waals surface area contributed by atoms with E-state index in [1.807, 2.05) is 158 Å². The fraction of sp³-hybridized carbons (Fsp3) is 0.202. The number of rotatable bonds is 36. The Labute approximate surface area is 793 Å². The zero-order chi connectivity index (χ0) is 97.9. The van der Waals surface area contributed by atoms with E-state index in [-0.39, 0.29) is 124 Å². The highest BCUT2D eigenvalue weighted by Crippen LogP contribution is 2.22. The number of hydrogen-bond acceptors (Lipinski definition) is 16. The van der Waals surface area contributed by atoms with Crippen LogP contribution in [0.15, 0.2) is 315 Å². The van der Waals surface area contributed by atoms with Crippen molar-refractivity contribution >= 4 is 150 Å². The Morgan fingerprint density at radius 1 is 0.243 bits per heavy atom. The first-order valence-electron chi connectivity index (χ1n) is 43.5. The van der Waals surface area contributed by atoms with Gasteiger partial charge < -0.3 is 84.5 Å². The smallest absolute Gasteiger partial charge is 0.243 e. The maximum atomic E-state index is 12.4. The van der Waals surface area contributed by atoms with Crippen molar-refractivity contribution in [3.63, 3.8) is 0 Å². The Bertz CT molecular complexity index is 6000. The van der Waals surface area contributed by atoms with Crippen molar-refractivity contribution in [3.05, 3.63) is 348 Å². The van der Waals surface area contributed by atoms with Gasteiger partial charge in [-0.1, -0.05) is 248 Å². The number of ether oxygens (including phenoxy) is 1. The van der Waals surface area contributed by atoms with Crippen LogP contribution in [0.4, 0.5) is 28.4 Å². The van der Waals surface area contributed by atoms with Crippen LogP contribution >= 0.6 is 11.6 Å². The average molecular weight is 1860 g/mol. The molecule has 0 aromatic heterocycles. The van der Waals surface area contributed by atoms with Crippen molar-refractivity contribution in [2.24, 2.45) is 0 Å². The van der Waals surface area contributed by atoms with E-state index in [0.29, 0.717) is 44.8 Å². The predicted molar refractivity (Wildman–Crippen MR) is 526 cm³/mol. The van der Waals surface area contributed by atoms with Crippen molar-refractivity contribution in [3.8, 4) is 5.75 Å². The van der Waals surface area contributed by atoms with Gasteiger partial charge >= 0.3 is 0 Å². The third-order valence-corrected chi connectivity index (χ3v) is 20.1. The lowest BCUT2D eigenvalue weighted by molar-refractivity contribution is -0.129. The molecule has 0 aliphatic heterocycles. The SMILES string of the molecule is COc1cccc(CC(=O)N[C@@H](C)C(=O)NCC(=O)Nc2ccccc2)c1.C[C@H](NC(=O)Cc1ccc2ccccc2c1)C(=O)NCC(=O)Nc1ccccc1.C[C@H](NC(=O)Cc1cccc2ccccc12)C(=O)NCC(=O)Nc1ccccc1.C[C@H](NC(=O)Cc1ccccc1)C(=O)NCC(=O)Nc1ccccc1.C[C@H](NC(=O)Cc1ccccc1Cl)C(=O)NCC(=O)Nc1ccccc1. The van der Waals surface area contributed by atoms with Crippen LogP contribution in [0.1, 0.15) is 62.4 Å². The number of hydrogen-bond donors (Lipinski definition) is 15. The van der Waals surface area contributed by atoms with Crippen LogP contribution in [-0.4, -0.2) is 159 Å². The van der Waals surface area contributed by atoms with Gasteiger partial charge in [0.1, 0.15) is 36.0 Å². The first-order chi connectivity index (χ1) is 65.5. The highest BCUT2D eigenvalue weighted by Gasteiger charge is 2.24. The van der Waals surface area contributed by atoms with Gasteiger partial charge in [0.15, 0.2) is 0 Å². The van der Waals surface area contributed by atoms with Crippen LogP contribution < -0.4 is 84.5 Å². The number of halogens is 1. The van der Waals surface area contributed by atoms with E-state index >= 15 is 0 Å². The molecular weight excluding hydrogens is 1750 g/mol. The average Bonchev–Trinajstić information content (AvgIpc) is 0.823. The molecule has 136 heavy (non-hydrogen) atoms. The minimum atomic E-state index is -0.769. The molecule has 31 nitrogen and oxygen atoms in total. The maximum Gasteiger partial charge on any atom is 0.243 e. The summed E-state index contributed by atoms with van der Waals surface area (Å²) in [7, 11) is 1.56. The van der Waals surface area contributed by atoms with Gasteiger partial charge in [0.05, 0.1) is 71.9 Å². The summed E-state index contributed by atoms with van der Waals surface area (Å²) in [4.78, 5) is 180. The number of amides is 15. The van der Waals surface area contributed by atoms with Gasteiger partial charge in [0.2, 0.25) is 88.6 Å². The molecule has 5 atom stereocenters. The fourth-order valence-corrected chi connectivity index (χ4v) is 12.9. The molecular formula is C104H110ClN15O16. The molecule has 12 aromatic carbocycles. The largest absolute Gasteiger partial charge is 0.497 e. The van der Waals surface area contributed by atoms with Gasteiger partial charge in [0, 0.05) is 33.5 Å². The number of nitrogens with one attached hydrogen (secondary N) is 15. The molecule has 12 aromatic rings. The second kappa shape index (κ2) is 56.8. The lowest BCUT2D eigenvalue weighted by Crippen LogP contribution is -2.47. The van der Waals surface area contributed by atoms with E-state index in [1.54, 1.807) is 199 Å². The summed E-state index contributed by atoms with van der Waals surface area (Å²) in [5.41, 5.74) is 7.37. The molecule has 0 saturated heterocycles. The third-order valence-electron chi connectivity index (χ3n) is 19.7. The zero-order valence-electron chi connectivity index (χ0n) is 75.9. The summed E-state index contributed by atoms with van der Waals surface area (Å²) in [6.07, 6.45) is 0.756. The minimum absolute atomic E-state index is 0.0752. The number of benzene rings is 12. The molecule has 0 saturated carbocycles. The first-order valence-corrected chi connectivity index (χ1v) is 43.8. The monoisotopic (exact) mass is 1860 g/mol. The van der Waals surface area contributed by atoms with E-state index in [4.69, 9.17) is 16.3 Å². The number of carbonyl (C=O) groups excluding carboxylic acids is 15. The number of methoxy groups -OCH3 is 1. The molecule has 0 bridgehead atoms. The van der Waals surface area contributed by atoms with Gasteiger partial charge in [-0.15, -0.1) is 0 Å². The number of anilines is 5. The summed E-state index contributed by atoms with van der Waals surface area (Å²) in [6, 6.07) is 91.9. The highest BCUT2D eigenvalue weighted by atomic mass is 35.5. The second-order valence-electron chi connectivity index (χ2n) is 30.7. The van der Waals surface area contributed by atoms with Crippen LogP contribution in [0.5, 0.6) is 5.75 Å². The van der Waals surface area contributed by atoms with Crippen molar-refractivity contribution in [1.29, 1.82) is 0 Å². The van der Waals surface area contributed by atoms with Gasteiger partial charge in [-0.25, -0.2) is 0 Å². The summed E-state index contributed by atoms with van der Waals surface area (Å²) < 4.78 is 5.12. The molecule has 15 N–H and O–H groups in total. The molecule has 0 aliphatic carbocycles. The normalized spacial score (nSPS) is 11.3. The number of para-hydroxylation sites is 5. The van der Waals surface area contributed by atoms with Gasteiger partial charge in [0.25, 0.3) is 0 Å². The maximum absolute atomic E-state index is 12.4. The van der Waals surface area contributed by atoms with E-state index in [0.717, 1.165) is 43.8 Å². The van der Waals surface area contributed by atoms with Crippen LogP contribution in [-0.2, 0) is 104 Å². The third kappa shape index (κ3) is 39.5. The summed E-state index contributed by atoms with van der Waals surface area (Å²) in [6.45, 7) is 7.01. The first kappa shape index (κ1) is 105. The van der Waals surface area contributed by atoms with Crippen molar-refractivity contribution in [1.82, 2.24) is 53.2 Å². The zero-order valence-corrected chi connectivity index (χ0v) is 76.6. The predicted octanol–water partition coefficient (Wildman–Crippen LogP) is 10.4. The Balaban J connectivity index is 0.000000209. The fourth-order valence-electron chi connectivity index (χ4n) is 12.7. The van der Waals surface area contributed by atoms with Crippen LogP contribution in [0.3, 0.4) is 0 Å². The molecule has 15 amide bonds. The topological polar surface area (TPSA) is 446 Å². The number of fused-ring (bicyclic) bond motifs is 2. The Morgan fingerprint density at radius 3 is 0.868 bits per heavy atom. The van der Waals surface area contributed by atoms with E-state index in [9.17, 15) is 71.9 Å². The molecule has 0 radical (unpaired) electrons.